The fraction of sp³-hybridized carbons (Fsp3) is 0.118. The SMILES string of the molecule is O=C(Nc1cncc(-c2cc(-c3c(F)cccc3C(F)(F)F)no2)c1)C(Cl)Cl. The van der Waals surface area contributed by atoms with Gasteiger partial charge in [-0.15, -0.1) is 0 Å². The Kier molecular flexibility index (Phi) is 5.57. The zero-order valence-corrected chi connectivity index (χ0v) is 15.1. The Morgan fingerprint density at radius 3 is 2.61 bits per heavy atom. The van der Waals surface area contributed by atoms with Crippen LogP contribution in [0.2, 0.25) is 0 Å². The van der Waals surface area contributed by atoms with E-state index >= 15 is 0 Å². The predicted octanol–water partition coefficient (Wildman–Crippen LogP) is 5.30. The van der Waals surface area contributed by atoms with Crippen LogP contribution >= 0.6 is 23.2 Å². The van der Waals surface area contributed by atoms with Gasteiger partial charge in [0, 0.05) is 17.8 Å². The summed E-state index contributed by atoms with van der Waals surface area (Å²) in [7, 11) is 0. The predicted molar refractivity (Wildman–Crippen MR) is 94.3 cm³/mol. The molecule has 0 aliphatic carbocycles. The first-order chi connectivity index (χ1) is 13.2. The van der Waals surface area contributed by atoms with E-state index in [4.69, 9.17) is 27.7 Å². The molecule has 2 aromatic heterocycles. The van der Waals surface area contributed by atoms with Gasteiger partial charge in [0.2, 0.25) is 0 Å². The number of alkyl halides is 5. The van der Waals surface area contributed by atoms with Crippen LogP contribution in [0.5, 0.6) is 0 Å². The monoisotopic (exact) mass is 433 g/mol. The molecule has 1 aromatic carbocycles. The molecule has 0 bridgehead atoms. The molecule has 2 heterocycles. The summed E-state index contributed by atoms with van der Waals surface area (Å²) in [6, 6.07) is 5.16. The third-order valence-corrected chi connectivity index (χ3v) is 3.97. The number of hydrogen-bond acceptors (Lipinski definition) is 4. The standard InChI is InChI=1S/C17H9Cl2F4N3O2/c18-15(19)16(27)25-9-4-8(6-24-7-9)13-5-12(26-28-13)14-10(17(21,22)23)2-1-3-11(14)20/h1-7,15H,(H,25,27). The Balaban J connectivity index is 1.98. The number of hydrogen-bond donors (Lipinski definition) is 1. The number of benzene rings is 1. The first-order valence-electron chi connectivity index (χ1n) is 7.54. The Morgan fingerprint density at radius 1 is 1.18 bits per heavy atom. The number of pyridine rings is 1. The molecule has 1 amide bonds. The minimum absolute atomic E-state index is 0.0169. The van der Waals surface area contributed by atoms with Crippen LogP contribution in [0.4, 0.5) is 23.2 Å². The van der Waals surface area contributed by atoms with Crippen LogP contribution in [-0.2, 0) is 11.0 Å². The van der Waals surface area contributed by atoms with Gasteiger partial charge in [0.25, 0.3) is 5.91 Å². The maximum absolute atomic E-state index is 14.1. The Morgan fingerprint density at radius 2 is 1.93 bits per heavy atom. The molecular formula is C17H9Cl2F4N3O2. The molecule has 11 heteroatoms. The maximum atomic E-state index is 14.1. The lowest BCUT2D eigenvalue weighted by atomic mass is 10.0. The highest BCUT2D eigenvalue weighted by Gasteiger charge is 2.36. The summed E-state index contributed by atoms with van der Waals surface area (Å²) >= 11 is 10.9. The number of nitrogens with zero attached hydrogens (tertiary/aromatic N) is 2. The molecule has 0 aliphatic rings. The van der Waals surface area contributed by atoms with Crippen LogP contribution in [-0.4, -0.2) is 20.9 Å². The van der Waals surface area contributed by atoms with Crippen molar-refractivity contribution in [2.75, 3.05) is 5.32 Å². The second-order valence-corrected chi connectivity index (χ2v) is 6.59. The van der Waals surface area contributed by atoms with Crippen molar-refractivity contribution < 1.29 is 26.9 Å². The van der Waals surface area contributed by atoms with Gasteiger partial charge in [-0.05, 0) is 18.2 Å². The molecule has 0 saturated carbocycles. The fourth-order valence-electron chi connectivity index (χ4n) is 2.39. The second-order valence-electron chi connectivity index (χ2n) is 5.49. The lowest BCUT2D eigenvalue weighted by Crippen LogP contribution is -2.18. The highest BCUT2D eigenvalue weighted by Crippen LogP contribution is 2.39. The maximum Gasteiger partial charge on any atom is 0.417 e. The molecule has 0 radical (unpaired) electrons. The van der Waals surface area contributed by atoms with Crippen molar-refractivity contribution in [3.8, 4) is 22.6 Å². The molecule has 3 aromatic rings. The van der Waals surface area contributed by atoms with E-state index in [1.165, 1.54) is 18.5 Å². The van der Waals surface area contributed by atoms with E-state index < -0.39 is 33.9 Å². The molecule has 1 N–H and O–H groups in total. The molecule has 0 saturated heterocycles. The summed E-state index contributed by atoms with van der Waals surface area (Å²) in [5.41, 5.74) is -1.75. The molecule has 0 atom stereocenters. The molecule has 146 valence electrons. The van der Waals surface area contributed by atoms with Gasteiger partial charge in [-0.3, -0.25) is 9.78 Å². The van der Waals surface area contributed by atoms with Crippen LogP contribution in [0, 0.1) is 5.82 Å². The molecule has 3 rings (SSSR count). The van der Waals surface area contributed by atoms with E-state index in [0.717, 1.165) is 24.3 Å². The average molecular weight is 434 g/mol. The summed E-state index contributed by atoms with van der Waals surface area (Å²) in [6.07, 6.45) is -2.15. The summed E-state index contributed by atoms with van der Waals surface area (Å²) in [6.45, 7) is 0. The van der Waals surface area contributed by atoms with E-state index in [1.54, 1.807) is 0 Å². The molecule has 0 unspecified atom stereocenters. The van der Waals surface area contributed by atoms with Crippen molar-refractivity contribution in [1.82, 2.24) is 10.1 Å². The van der Waals surface area contributed by atoms with Crippen molar-refractivity contribution in [3.05, 3.63) is 54.1 Å². The number of nitrogens with one attached hydrogen (secondary N) is 1. The zero-order valence-electron chi connectivity index (χ0n) is 13.6. The van der Waals surface area contributed by atoms with Gasteiger partial charge in [-0.2, -0.15) is 13.2 Å². The smallest absolute Gasteiger partial charge is 0.356 e. The number of halogens is 6. The van der Waals surface area contributed by atoms with Crippen LogP contribution in [0.1, 0.15) is 5.56 Å². The third kappa shape index (κ3) is 4.26. The van der Waals surface area contributed by atoms with Crippen molar-refractivity contribution >= 4 is 34.8 Å². The van der Waals surface area contributed by atoms with E-state index in [0.29, 0.717) is 0 Å². The molecule has 5 nitrogen and oxygen atoms in total. The van der Waals surface area contributed by atoms with Crippen LogP contribution < -0.4 is 5.32 Å². The normalized spacial score (nSPS) is 11.7. The first kappa shape index (κ1) is 20.1. The molecule has 0 aliphatic heterocycles. The number of aromatic nitrogens is 2. The summed E-state index contributed by atoms with van der Waals surface area (Å²) < 4.78 is 58.7. The van der Waals surface area contributed by atoms with Gasteiger partial charge >= 0.3 is 6.18 Å². The Hall–Kier alpha value is -2.65. The first-order valence-corrected chi connectivity index (χ1v) is 8.41. The lowest BCUT2D eigenvalue weighted by molar-refractivity contribution is -0.137. The summed E-state index contributed by atoms with van der Waals surface area (Å²) in [5, 5.41) is 5.94. The molecule has 28 heavy (non-hydrogen) atoms. The molecule has 0 spiro atoms. The number of anilines is 1. The van der Waals surface area contributed by atoms with Gasteiger partial charge in [0.05, 0.1) is 23.0 Å². The summed E-state index contributed by atoms with van der Waals surface area (Å²) in [4.78, 5) is 14.1. The number of carbonyl (C=O) groups is 1. The minimum atomic E-state index is -4.78. The highest BCUT2D eigenvalue weighted by atomic mass is 35.5. The topological polar surface area (TPSA) is 68.0 Å². The Bertz CT molecular complexity index is 1020. The second kappa shape index (κ2) is 7.76. The van der Waals surface area contributed by atoms with Crippen molar-refractivity contribution in [3.63, 3.8) is 0 Å². The quantitative estimate of drug-likeness (QED) is 0.447. The zero-order chi connectivity index (χ0) is 20.5. The number of carbonyl (C=O) groups excluding carboxylic acids is 1. The van der Waals surface area contributed by atoms with Crippen molar-refractivity contribution in [1.29, 1.82) is 0 Å². The third-order valence-electron chi connectivity index (χ3n) is 3.57. The van der Waals surface area contributed by atoms with Gasteiger partial charge < -0.3 is 9.84 Å². The largest absolute Gasteiger partial charge is 0.417 e. The van der Waals surface area contributed by atoms with E-state index in [1.807, 2.05) is 0 Å². The van der Waals surface area contributed by atoms with Crippen LogP contribution in [0.25, 0.3) is 22.6 Å². The number of amides is 1. The van der Waals surface area contributed by atoms with Gasteiger partial charge in [0.1, 0.15) is 11.5 Å². The van der Waals surface area contributed by atoms with Crippen LogP contribution in [0.15, 0.2) is 47.2 Å². The lowest BCUT2D eigenvalue weighted by Gasteiger charge is -2.11. The van der Waals surface area contributed by atoms with Crippen molar-refractivity contribution in [2.24, 2.45) is 0 Å². The Labute approximate surface area is 165 Å². The average Bonchev–Trinajstić information content (AvgIpc) is 3.10. The molecule has 0 fully saturated rings. The van der Waals surface area contributed by atoms with E-state index in [9.17, 15) is 22.4 Å². The van der Waals surface area contributed by atoms with E-state index in [-0.39, 0.29) is 22.7 Å². The highest BCUT2D eigenvalue weighted by molar-refractivity contribution is 6.54. The van der Waals surface area contributed by atoms with Gasteiger partial charge in [-0.25, -0.2) is 4.39 Å². The van der Waals surface area contributed by atoms with Crippen molar-refractivity contribution in [2.45, 2.75) is 11.0 Å². The fourth-order valence-corrected chi connectivity index (χ4v) is 2.50. The molecular weight excluding hydrogens is 425 g/mol. The minimum Gasteiger partial charge on any atom is -0.356 e. The number of rotatable bonds is 4. The van der Waals surface area contributed by atoms with Crippen LogP contribution in [0.3, 0.4) is 0 Å². The van der Waals surface area contributed by atoms with Gasteiger partial charge in [-0.1, -0.05) is 34.4 Å². The summed E-state index contributed by atoms with van der Waals surface area (Å²) in [5.74, 6) is -1.77. The van der Waals surface area contributed by atoms with Gasteiger partial charge in [0.15, 0.2) is 10.6 Å². The van der Waals surface area contributed by atoms with E-state index in [2.05, 4.69) is 15.5 Å².